The summed E-state index contributed by atoms with van der Waals surface area (Å²) >= 11 is 1.85. The first-order valence-corrected chi connectivity index (χ1v) is 16.5. The lowest BCUT2D eigenvalue weighted by Gasteiger charge is -2.19. The van der Waals surface area contributed by atoms with Crippen LogP contribution in [0.25, 0.3) is 97.0 Å². The highest BCUT2D eigenvalue weighted by molar-refractivity contribution is 7.25. The molecule has 1 nitrogen and oxygen atoms in total. The van der Waals surface area contributed by atoms with Crippen LogP contribution in [0.5, 0.6) is 0 Å². The molecule has 0 N–H and O–H groups in total. The Labute approximate surface area is 269 Å². The molecule has 0 atom stereocenters. The average molecular weight is 603 g/mol. The Morgan fingerprint density at radius 3 is 1.67 bits per heavy atom. The summed E-state index contributed by atoms with van der Waals surface area (Å²) in [5.41, 5.74) is 9.09. The van der Waals surface area contributed by atoms with Gasteiger partial charge >= 0.3 is 0 Å². The van der Waals surface area contributed by atoms with Crippen molar-refractivity contribution in [2.24, 2.45) is 0 Å². The van der Waals surface area contributed by atoms with E-state index in [1.807, 2.05) is 11.3 Å². The van der Waals surface area contributed by atoms with Crippen LogP contribution in [0.2, 0.25) is 0 Å². The van der Waals surface area contributed by atoms with Crippen LogP contribution in [-0.4, -0.2) is 0 Å². The molecule has 0 aliphatic heterocycles. The molecule has 0 aliphatic carbocycles. The summed E-state index contributed by atoms with van der Waals surface area (Å²) in [6.45, 7) is 0. The normalized spacial score (nSPS) is 11.9. The molecule has 10 aromatic rings. The number of para-hydroxylation sites is 1. The number of benzene rings is 8. The summed E-state index contributed by atoms with van der Waals surface area (Å²) in [6, 6.07) is 57.2. The van der Waals surface area contributed by atoms with E-state index < -0.39 is 0 Å². The summed E-state index contributed by atoms with van der Waals surface area (Å²) < 4.78 is 9.27. The molecule has 2 aromatic heterocycles. The molecule has 0 saturated carbocycles. The fraction of sp³-hybridized carbons (Fsp3) is 0. The monoisotopic (exact) mass is 602 g/mol. The van der Waals surface area contributed by atoms with Crippen molar-refractivity contribution in [3.05, 3.63) is 158 Å². The molecule has 0 amide bonds. The van der Waals surface area contributed by atoms with Crippen LogP contribution in [0, 0.1) is 0 Å². The van der Waals surface area contributed by atoms with Crippen molar-refractivity contribution in [3.63, 3.8) is 0 Å². The van der Waals surface area contributed by atoms with Crippen LogP contribution in [0.15, 0.2) is 162 Å². The molecule has 0 saturated heterocycles. The molecule has 0 aliphatic rings. The highest BCUT2D eigenvalue weighted by atomic mass is 32.1. The maximum Gasteiger partial charge on any atom is 0.136 e. The van der Waals surface area contributed by atoms with Gasteiger partial charge in [0.2, 0.25) is 0 Å². The third kappa shape index (κ3) is 3.74. The zero-order valence-electron chi connectivity index (χ0n) is 24.8. The maximum absolute atomic E-state index is 6.64. The quantitative estimate of drug-likeness (QED) is 0.183. The lowest BCUT2D eigenvalue weighted by Crippen LogP contribution is -1.92. The fourth-order valence-corrected chi connectivity index (χ4v) is 8.54. The topological polar surface area (TPSA) is 13.1 Å². The van der Waals surface area contributed by atoms with Crippen molar-refractivity contribution in [1.82, 2.24) is 0 Å². The van der Waals surface area contributed by atoms with Crippen molar-refractivity contribution in [2.75, 3.05) is 0 Å². The van der Waals surface area contributed by atoms with E-state index in [-0.39, 0.29) is 0 Å². The van der Waals surface area contributed by atoms with Crippen LogP contribution in [0.4, 0.5) is 0 Å². The van der Waals surface area contributed by atoms with Gasteiger partial charge in [0.05, 0.1) is 0 Å². The molecule has 10 rings (SSSR count). The Kier molecular flexibility index (Phi) is 5.51. The van der Waals surface area contributed by atoms with Crippen molar-refractivity contribution >= 4 is 75.0 Å². The average Bonchev–Trinajstić information content (AvgIpc) is 3.68. The highest BCUT2D eigenvalue weighted by Gasteiger charge is 2.21. The third-order valence-electron chi connectivity index (χ3n) is 9.45. The van der Waals surface area contributed by atoms with Crippen molar-refractivity contribution < 1.29 is 4.42 Å². The van der Waals surface area contributed by atoms with Gasteiger partial charge in [-0.15, -0.1) is 11.3 Å². The van der Waals surface area contributed by atoms with E-state index in [1.54, 1.807) is 0 Å². The standard InChI is InChI=1S/C44H26OS/c1-2-12-27(13-3-1)42-31-15-4-6-17-33(31)43(34-18-7-5-16-32(34)42)37-25-29(26-39-44(37)35-19-8-10-20-38(35)45-39)28-22-23-41-36(24-28)30-14-9-11-21-40(30)46-41/h1-26H. The van der Waals surface area contributed by atoms with E-state index in [1.165, 1.54) is 69.5 Å². The van der Waals surface area contributed by atoms with Gasteiger partial charge in [0.15, 0.2) is 0 Å². The second-order valence-corrected chi connectivity index (χ2v) is 13.1. The Balaban J connectivity index is 1.35. The number of hydrogen-bond acceptors (Lipinski definition) is 2. The van der Waals surface area contributed by atoms with E-state index >= 15 is 0 Å². The molecule has 214 valence electrons. The minimum atomic E-state index is 0.907. The number of thiophene rings is 1. The second kappa shape index (κ2) is 9.90. The molecule has 8 aromatic carbocycles. The van der Waals surface area contributed by atoms with E-state index in [0.29, 0.717) is 0 Å². The zero-order chi connectivity index (χ0) is 30.2. The van der Waals surface area contributed by atoms with Crippen molar-refractivity contribution in [1.29, 1.82) is 0 Å². The number of fused-ring (bicyclic) bond motifs is 8. The summed E-state index contributed by atoms with van der Waals surface area (Å²) in [6.07, 6.45) is 0. The highest BCUT2D eigenvalue weighted by Crippen LogP contribution is 2.48. The van der Waals surface area contributed by atoms with Crippen molar-refractivity contribution in [2.45, 2.75) is 0 Å². The van der Waals surface area contributed by atoms with Crippen LogP contribution < -0.4 is 0 Å². The molecule has 0 spiro atoms. The van der Waals surface area contributed by atoms with Crippen molar-refractivity contribution in [3.8, 4) is 33.4 Å². The lowest BCUT2D eigenvalue weighted by molar-refractivity contribution is 0.669. The van der Waals surface area contributed by atoms with Gasteiger partial charge in [0.1, 0.15) is 11.2 Å². The summed E-state index contributed by atoms with van der Waals surface area (Å²) in [5, 5.41) is 9.88. The largest absolute Gasteiger partial charge is 0.456 e. The van der Waals surface area contributed by atoms with Gasteiger partial charge in [-0.3, -0.25) is 0 Å². The molecule has 0 radical (unpaired) electrons. The first-order chi connectivity index (χ1) is 22.8. The Hall–Kier alpha value is -5.70. The van der Waals surface area contributed by atoms with Crippen LogP contribution >= 0.6 is 11.3 Å². The lowest BCUT2D eigenvalue weighted by atomic mass is 9.84. The third-order valence-corrected chi connectivity index (χ3v) is 10.6. The Morgan fingerprint density at radius 2 is 0.935 bits per heavy atom. The Bertz CT molecular complexity index is 2740. The molecule has 46 heavy (non-hydrogen) atoms. The van der Waals surface area contributed by atoms with Gasteiger partial charge in [0.25, 0.3) is 0 Å². The van der Waals surface area contributed by atoms with Gasteiger partial charge in [-0.25, -0.2) is 0 Å². The molecular weight excluding hydrogens is 577 g/mol. The first kappa shape index (κ1) is 25.6. The van der Waals surface area contributed by atoms with Gasteiger partial charge in [-0.1, -0.05) is 121 Å². The van der Waals surface area contributed by atoms with Gasteiger partial charge in [-0.2, -0.15) is 0 Å². The predicted octanol–water partition coefficient (Wildman–Crippen LogP) is 13.3. The zero-order valence-corrected chi connectivity index (χ0v) is 25.6. The number of furan rings is 1. The van der Waals surface area contributed by atoms with Crippen LogP contribution in [0.1, 0.15) is 0 Å². The number of hydrogen-bond donors (Lipinski definition) is 0. The molecule has 2 heteroatoms. The molecular formula is C44H26OS. The number of rotatable bonds is 3. The minimum absolute atomic E-state index is 0.907. The van der Waals surface area contributed by atoms with E-state index in [0.717, 1.165) is 27.5 Å². The molecule has 0 unspecified atom stereocenters. The smallest absolute Gasteiger partial charge is 0.136 e. The predicted molar refractivity (Wildman–Crippen MR) is 198 cm³/mol. The van der Waals surface area contributed by atoms with Gasteiger partial charge in [0, 0.05) is 30.9 Å². The van der Waals surface area contributed by atoms with Gasteiger partial charge < -0.3 is 4.42 Å². The van der Waals surface area contributed by atoms with Gasteiger partial charge in [-0.05, 0) is 91.3 Å². The Morgan fingerprint density at radius 1 is 0.348 bits per heavy atom. The maximum atomic E-state index is 6.64. The summed E-state index contributed by atoms with van der Waals surface area (Å²) in [5.74, 6) is 0. The van der Waals surface area contributed by atoms with E-state index in [9.17, 15) is 0 Å². The van der Waals surface area contributed by atoms with E-state index in [4.69, 9.17) is 4.42 Å². The fourth-order valence-electron chi connectivity index (χ4n) is 7.46. The molecule has 0 bridgehead atoms. The van der Waals surface area contributed by atoms with E-state index in [2.05, 4.69) is 158 Å². The summed E-state index contributed by atoms with van der Waals surface area (Å²) in [7, 11) is 0. The summed E-state index contributed by atoms with van der Waals surface area (Å²) in [4.78, 5) is 0. The minimum Gasteiger partial charge on any atom is -0.456 e. The van der Waals surface area contributed by atoms with Crippen LogP contribution in [-0.2, 0) is 0 Å². The van der Waals surface area contributed by atoms with Crippen LogP contribution in [0.3, 0.4) is 0 Å². The first-order valence-electron chi connectivity index (χ1n) is 15.7. The SMILES string of the molecule is c1ccc(-c2c3ccccc3c(-c3cc(-c4ccc5sc6ccccc6c5c4)cc4oc5ccccc5c34)c3ccccc23)cc1. The second-order valence-electron chi connectivity index (χ2n) is 12.0. The molecule has 2 heterocycles. The molecule has 0 fully saturated rings.